The molecule has 0 spiro atoms. The molecule has 2 heterocycles. The summed E-state index contributed by atoms with van der Waals surface area (Å²) in [6.07, 6.45) is 3.62. The van der Waals surface area contributed by atoms with Crippen molar-refractivity contribution in [3.8, 4) is 0 Å². The van der Waals surface area contributed by atoms with E-state index in [0.717, 1.165) is 0 Å². The first-order valence-corrected chi connectivity index (χ1v) is 10.5. The molecule has 6 rings (SSSR count). The number of nitrogens with zero attached hydrogens (tertiary/aromatic N) is 3. The van der Waals surface area contributed by atoms with Crippen molar-refractivity contribution < 1.29 is 0 Å². The van der Waals surface area contributed by atoms with Gasteiger partial charge in [-0.1, -0.05) is 48.5 Å². The Morgan fingerprint density at radius 3 is 2.39 bits per heavy atom. The van der Waals surface area contributed by atoms with Crippen molar-refractivity contribution in [2.45, 2.75) is 31.3 Å². The molecule has 1 saturated heterocycles. The lowest BCUT2D eigenvalue weighted by Crippen LogP contribution is -2.45. The van der Waals surface area contributed by atoms with E-state index in [1.165, 1.54) is 60.1 Å². The van der Waals surface area contributed by atoms with Gasteiger partial charge in [0.25, 0.3) is 0 Å². The molecule has 0 aromatic heterocycles. The second-order valence-electron chi connectivity index (χ2n) is 8.47. The third-order valence-corrected chi connectivity index (χ3v) is 6.97. The minimum absolute atomic E-state index is 0.555. The third kappa shape index (κ3) is 2.39. The highest BCUT2D eigenvalue weighted by molar-refractivity contribution is 5.91. The van der Waals surface area contributed by atoms with Gasteiger partial charge in [-0.15, -0.1) is 0 Å². The number of fused-ring (bicyclic) bond motifs is 1. The molecule has 1 aliphatic carbocycles. The highest BCUT2D eigenvalue weighted by Gasteiger charge is 2.35. The Balaban J connectivity index is 1.21. The van der Waals surface area contributed by atoms with Crippen molar-refractivity contribution in [2.75, 3.05) is 29.9 Å². The number of hydrogen-bond donors (Lipinski definition) is 0. The number of anilines is 2. The van der Waals surface area contributed by atoms with Crippen LogP contribution in [0.3, 0.4) is 0 Å². The van der Waals surface area contributed by atoms with Gasteiger partial charge in [-0.05, 0) is 53.3 Å². The van der Waals surface area contributed by atoms with Gasteiger partial charge in [0.05, 0.1) is 11.4 Å². The summed E-state index contributed by atoms with van der Waals surface area (Å²) < 4.78 is 0. The van der Waals surface area contributed by atoms with Crippen LogP contribution in [0, 0.1) is 6.67 Å². The molecular weight excluding hydrogens is 342 g/mol. The Morgan fingerprint density at radius 1 is 0.821 bits per heavy atom. The first-order valence-electron chi connectivity index (χ1n) is 10.5. The molecule has 3 aromatic rings. The fourth-order valence-corrected chi connectivity index (χ4v) is 5.60. The monoisotopic (exact) mass is 368 g/mol. The topological polar surface area (TPSA) is 9.72 Å². The van der Waals surface area contributed by atoms with Crippen molar-refractivity contribution >= 4 is 22.1 Å². The zero-order chi connectivity index (χ0) is 18.7. The van der Waals surface area contributed by atoms with E-state index < -0.39 is 0 Å². The highest BCUT2D eigenvalue weighted by atomic mass is 15.4. The van der Waals surface area contributed by atoms with Gasteiger partial charge in [0, 0.05) is 32.2 Å². The molecule has 141 valence electrons. The van der Waals surface area contributed by atoms with Crippen LogP contribution in [-0.2, 0) is 6.42 Å². The van der Waals surface area contributed by atoms with Crippen LogP contribution >= 0.6 is 0 Å². The molecule has 3 aromatic carbocycles. The van der Waals surface area contributed by atoms with Crippen molar-refractivity contribution in [1.29, 1.82) is 0 Å². The Morgan fingerprint density at radius 2 is 1.57 bits per heavy atom. The van der Waals surface area contributed by atoms with Gasteiger partial charge >= 0.3 is 0 Å². The Labute approximate surface area is 167 Å². The fraction of sp³-hybridized carbons (Fsp3) is 0.320. The molecule has 1 radical (unpaired) electrons. The van der Waals surface area contributed by atoms with Gasteiger partial charge < -0.3 is 9.80 Å². The second-order valence-corrected chi connectivity index (χ2v) is 8.47. The van der Waals surface area contributed by atoms with Gasteiger partial charge in [-0.2, -0.15) is 0 Å². The Bertz CT molecular complexity index is 1030. The summed E-state index contributed by atoms with van der Waals surface area (Å²) in [7, 11) is 2.16. The van der Waals surface area contributed by atoms with Crippen molar-refractivity contribution in [2.24, 2.45) is 0 Å². The lowest BCUT2D eigenvalue weighted by Gasteiger charge is -2.40. The predicted molar refractivity (Wildman–Crippen MR) is 117 cm³/mol. The summed E-state index contributed by atoms with van der Waals surface area (Å²) in [6.45, 7) is 4.64. The average Bonchev–Trinajstić information content (AvgIpc) is 3.29. The van der Waals surface area contributed by atoms with Gasteiger partial charge in [-0.25, -0.2) is 0 Å². The van der Waals surface area contributed by atoms with E-state index in [9.17, 15) is 0 Å². The molecule has 0 saturated carbocycles. The Hall–Kier alpha value is -2.52. The second kappa shape index (κ2) is 6.25. The van der Waals surface area contributed by atoms with Gasteiger partial charge in [-0.3, -0.25) is 4.90 Å². The normalized spacial score (nSPS) is 22.2. The maximum atomic E-state index is 2.73. The number of benzene rings is 3. The minimum Gasteiger partial charge on any atom is -0.349 e. The molecule has 3 nitrogen and oxygen atoms in total. The van der Waals surface area contributed by atoms with Crippen LogP contribution in [0.2, 0.25) is 0 Å². The zero-order valence-corrected chi connectivity index (χ0v) is 16.4. The number of likely N-dealkylation sites (tertiary alicyclic amines) is 1. The summed E-state index contributed by atoms with van der Waals surface area (Å²) in [5, 5.41) is 2.92. The van der Waals surface area contributed by atoms with Crippen molar-refractivity contribution in [1.82, 2.24) is 4.90 Å². The number of para-hydroxylation sites is 2. The maximum Gasteiger partial charge on any atom is 0.142 e. The first kappa shape index (κ1) is 16.4. The number of hydrogen-bond acceptors (Lipinski definition) is 3. The van der Waals surface area contributed by atoms with Gasteiger partial charge in [0.2, 0.25) is 0 Å². The lowest BCUT2D eigenvalue weighted by atomic mass is 9.98. The standard InChI is InChI=1S/C25H26N3/c1-26-17-28(23-11-3-2-10-22(23)26)20-12-14-27(15-13-20)24-16-19-8-4-6-18-7-5-9-21(24)25(18)19/h2-11,17,20,24H,12-16H2,1H3. The molecule has 3 aliphatic rings. The summed E-state index contributed by atoms with van der Waals surface area (Å²) in [6, 6.07) is 23.6. The van der Waals surface area contributed by atoms with Crippen LogP contribution in [0.25, 0.3) is 10.8 Å². The van der Waals surface area contributed by atoms with E-state index in [0.29, 0.717) is 12.1 Å². The molecule has 3 heteroatoms. The SMILES string of the molecule is CN1[CH]N(C2CCN(C3Cc4cccc5cccc3c45)CC2)c2ccccc21. The molecule has 28 heavy (non-hydrogen) atoms. The van der Waals surface area contributed by atoms with Crippen LogP contribution in [0.1, 0.15) is 30.0 Å². The summed E-state index contributed by atoms with van der Waals surface area (Å²) in [5.74, 6) is 0. The fourth-order valence-electron chi connectivity index (χ4n) is 5.60. The Kier molecular flexibility index (Phi) is 3.67. The van der Waals surface area contributed by atoms with Gasteiger partial charge in [0.1, 0.15) is 6.67 Å². The summed E-state index contributed by atoms with van der Waals surface area (Å²) in [4.78, 5) is 7.50. The highest BCUT2D eigenvalue weighted by Crippen LogP contribution is 2.43. The largest absolute Gasteiger partial charge is 0.349 e. The van der Waals surface area contributed by atoms with Crippen molar-refractivity contribution in [3.05, 3.63) is 78.5 Å². The van der Waals surface area contributed by atoms with Gasteiger partial charge in [0.15, 0.2) is 0 Å². The van der Waals surface area contributed by atoms with Crippen LogP contribution in [0.5, 0.6) is 0 Å². The molecular formula is C25H26N3. The van der Waals surface area contributed by atoms with E-state index in [1.54, 1.807) is 5.56 Å². The molecule has 0 N–H and O–H groups in total. The van der Waals surface area contributed by atoms with Crippen LogP contribution in [0.4, 0.5) is 11.4 Å². The third-order valence-electron chi connectivity index (χ3n) is 6.97. The van der Waals surface area contributed by atoms with Crippen LogP contribution < -0.4 is 9.80 Å². The molecule has 1 unspecified atom stereocenters. The number of rotatable bonds is 2. The molecule has 1 atom stereocenters. The zero-order valence-electron chi connectivity index (χ0n) is 16.4. The summed E-state index contributed by atoms with van der Waals surface area (Å²) >= 11 is 0. The van der Waals surface area contributed by atoms with E-state index in [2.05, 4.69) is 89.1 Å². The summed E-state index contributed by atoms with van der Waals surface area (Å²) in [5.41, 5.74) is 5.76. The molecule has 0 amide bonds. The molecule has 0 bridgehead atoms. The smallest absolute Gasteiger partial charge is 0.142 e. The maximum absolute atomic E-state index is 2.73. The van der Waals surface area contributed by atoms with E-state index in [-0.39, 0.29) is 0 Å². The number of piperidine rings is 1. The van der Waals surface area contributed by atoms with E-state index in [4.69, 9.17) is 0 Å². The molecule has 2 aliphatic heterocycles. The predicted octanol–water partition coefficient (Wildman–Crippen LogP) is 4.98. The van der Waals surface area contributed by atoms with Crippen LogP contribution in [0.15, 0.2) is 60.7 Å². The minimum atomic E-state index is 0.555. The average molecular weight is 369 g/mol. The van der Waals surface area contributed by atoms with E-state index >= 15 is 0 Å². The van der Waals surface area contributed by atoms with Crippen LogP contribution in [-0.4, -0.2) is 31.1 Å². The lowest BCUT2D eigenvalue weighted by molar-refractivity contribution is 0.154. The first-order chi connectivity index (χ1) is 13.8. The molecule has 1 fully saturated rings. The quantitative estimate of drug-likeness (QED) is 0.632. The van der Waals surface area contributed by atoms with Crippen molar-refractivity contribution in [3.63, 3.8) is 0 Å². The van der Waals surface area contributed by atoms with E-state index in [1.807, 2.05) is 0 Å².